The fourth-order valence-corrected chi connectivity index (χ4v) is 2.83. The third kappa shape index (κ3) is 5.02. The van der Waals surface area contributed by atoms with E-state index in [0.29, 0.717) is 11.8 Å². The number of rotatable bonds is 6. The Bertz CT molecular complexity index is 558. The highest BCUT2D eigenvalue weighted by molar-refractivity contribution is 5.30. The van der Waals surface area contributed by atoms with Crippen molar-refractivity contribution in [2.24, 2.45) is 17.3 Å². The quantitative estimate of drug-likeness (QED) is 0.687. The molecule has 124 valence electrons. The van der Waals surface area contributed by atoms with E-state index < -0.39 is 0 Å². The van der Waals surface area contributed by atoms with Crippen LogP contribution in [0.3, 0.4) is 0 Å². The van der Waals surface area contributed by atoms with Crippen LogP contribution in [0.25, 0.3) is 0 Å². The average Bonchev–Trinajstić information content (AvgIpc) is 2.48. The van der Waals surface area contributed by atoms with Crippen molar-refractivity contribution in [2.75, 3.05) is 6.54 Å². The summed E-state index contributed by atoms with van der Waals surface area (Å²) >= 11 is 0. The van der Waals surface area contributed by atoms with Crippen molar-refractivity contribution in [3.05, 3.63) is 72.8 Å². The van der Waals surface area contributed by atoms with Crippen molar-refractivity contribution in [3.8, 4) is 0 Å². The number of hydrogen-bond acceptors (Lipinski definition) is 2. The van der Waals surface area contributed by atoms with Gasteiger partial charge in [0.2, 0.25) is 0 Å². The summed E-state index contributed by atoms with van der Waals surface area (Å²) in [6.45, 7) is 11.4. The Morgan fingerprint density at radius 2 is 2.13 bits per heavy atom. The molecule has 0 aromatic rings. The van der Waals surface area contributed by atoms with Crippen LogP contribution in [-0.4, -0.2) is 6.54 Å². The highest BCUT2D eigenvalue weighted by atomic mass is 14.9. The van der Waals surface area contributed by atoms with Crippen LogP contribution in [0.2, 0.25) is 0 Å². The van der Waals surface area contributed by atoms with E-state index in [0.717, 1.165) is 13.0 Å². The van der Waals surface area contributed by atoms with Crippen molar-refractivity contribution in [3.63, 3.8) is 0 Å². The molecular weight excluding hydrogens is 280 g/mol. The predicted molar refractivity (Wildman–Crippen MR) is 101 cm³/mol. The number of hydrogen-bond donors (Lipinski definition) is 2. The zero-order valence-electron chi connectivity index (χ0n) is 14.7. The number of nitrogens with one attached hydrogen (secondary N) is 2. The van der Waals surface area contributed by atoms with E-state index in [2.05, 4.69) is 80.5 Å². The molecule has 0 spiro atoms. The highest BCUT2D eigenvalue weighted by Crippen LogP contribution is 2.37. The van der Waals surface area contributed by atoms with Crippen LogP contribution in [0.1, 0.15) is 33.6 Å². The van der Waals surface area contributed by atoms with Crippen molar-refractivity contribution in [2.45, 2.75) is 33.6 Å². The van der Waals surface area contributed by atoms with Gasteiger partial charge in [-0.3, -0.25) is 0 Å². The Morgan fingerprint density at radius 3 is 2.78 bits per heavy atom. The molecule has 0 bridgehead atoms. The first-order chi connectivity index (χ1) is 11.0. The van der Waals surface area contributed by atoms with Gasteiger partial charge in [-0.15, -0.1) is 0 Å². The van der Waals surface area contributed by atoms with Gasteiger partial charge in [0.25, 0.3) is 0 Å². The van der Waals surface area contributed by atoms with E-state index >= 15 is 0 Å². The standard InChI is InChI=1S/C21H30N2/c1-5-22-13-8-14-23-20-12-7-11-19(18-9-6-10-18)16-21(3,4)17(2)15-20/h5-9,12-13,15-18,22-23H,1,10-11,14H2,2-4H3/b12-7-,13-8-,19-16+,20-15+. The lowest BCUT2D eigenvalue weighted by Crippen LogP contribution is -2.21. The van der Waals surface area contributed by atoms with Crippen molar-refractivity contribution < 1.29 is 0 Å². The van der Waals surface area contributed by atoms with Crippen LogP contribution in [0.4, 0.5) is 0 Å². The smallest absolute Gasteiger partial charge is 0.0347 e. The molecule has 0 aromatic heterocycles. The van der Waals surface area contributed by atoms with Crippen LogP contribution in [0, 0.1) is 17.3 Å². The number of allylic oxidation sites excluding steroid dienone is 7. The molecule has 0 aromatic carbocycles. The zero-order valence-corrected chi connectivity index (χ0v) is 14.7. The topological polar surface area (TPSA) is 24.1 Å². The van der Waals surface area contributed by atoms with Gasteiger partial charge in [0.05, 0.1) is 0 Å². The molecule has 0 aliphatic heterocycles. The minimum Gasteiger partial charge on any atom is -0.382 e. The van der Waals surface area contributed by atoms with E-state index in [1.54, 1.807) is 11.8 Å². The van der Waals surface area contributed by atoms with Crippen LogP contribution in [0.5, 0.6) is 0 Å². The Labute approximate surface area is 141 Å². The van der Waals surface area contributed by atoms with Gasteiger partial charge >= 0.3 is 0 Å². The van der Waals surface area contributed by atoms with Crippen LogP contribution in [-0.2, 0) is 0 Å². The molecule has 0 saturated heterocycles. The molecule has 2 aliphatic carbocycles. The summed E-state index contributed by atoms with van der Waals surface area (Å²) in [6, 6.07) is 0. The first kappa shape index (κ1) is 17.4. The summed E-state index contributed by atoms with van der Waals surface area (Å²) in [6.07, 6.45) is 21.8. The van der Waals surface area contributed by atoms with E-state index in [4.69, 9.17) is 0 Å². The lowest BCUT2D eigenvalue weighted by atomic mass is 9.75. The zero-order chi connectivity index (χ0) is 16.7. The van der Waals surface area contributed by atoms with Gasteiger partial charge in [0.15, 0.2) is 0 Å². The Hall–Kier alpha value is -1.96. The van der Waals surface area contributed by atoms with Crippen LogP contribution < -0.4 is 10.6 Å². The Kier molecular flexibility index (Phi) is 6.09. The van der Waals surface area contributed by atoms with Gasteiger partial charge in [-0.05, 0) is 48.7 Å². The third-order valence-corrected chi connectivity index (χ3v) is 4.80. The molecule has 2 heteroatoms. The molecule has 2 rings (SSSR count). The van der Waals surface area contributed by atoms with E-state index in [1.165, 1.54) is 12.1 Å². The summed E-state index contributed by atoms with van der Waals surface area (Å²) < 4.78 is 0. The maximum atomic E-state index is 3.62. The maximum absolute atomic E-state index is 3.62. The van der Waals surface area contributed by atoms with Gasteiger partial charge in [0.1, 0.15) is 0 Å². The van der Waals surface area contributed by atoms with E-state index in [9.17, 15) is 0 Å². The monoisotopic (exact) mass is 310 g/mol. The molecule has 0 amide bonds. The average molecular weight is 310 g/mol. The molecule has 0 saturated carbocycles. The molecule has 2 atom stereocenters. The van der Waals surface area contributed by atoms with Crippen molar-refractivity contribution in [1.29, 1.82) is 0 Å². The van der Waals surface area contributed by atoms with Gasteiger partial charge in [-0.25, -0.2) is 0 Å². The molecule has 2 N–H and O–H groups in total. The Morgan fingerprint density at radius 1 is 1.35 bits per heavy atom. The second-order valence-corrected chi connectivity index (χ2v) is 6.98. The minimum absolute atomic E-state index is 0.165. The summed E-state index contributed by atoms with van der Waals surface area (Å²) in [5.41, 5.74) is 2.93. The van der Waals surface area contributed by atoms with Gasteiger partial charge in [-0.1, -0.05) is 63.3 Å². The second kappa shape index (κ2) is 8.05. The first-order valence-corrected chi connectivity index (χ1v) is 8.55. The summed E-state index contributed by atoms with van der Waals surface area (Å²) in [5.74, 6) is 1.12. The molecular formula is C21H30N2. The normalized spacial score (nSPS) is 32.3. The van der Waals surface area contributed by atoms with Gasteiger partial charge in [-0.2, -0.15) is 0 Å². The van der Waals surface area contributed by atoms with E-state index in [1.807, 2.05) is 6.20 Å². The van der Waals surface area contributed by atoms with Crippen molar-refractivity contribution in [1.82, 2.24) is 10.6 Å². The molecule has 2 unspecified atom stereocenters. The fourth-order valence-electron chi connectivity index (χ4n) is 2.83. The molecule has 2 aliphatic rings. The maximum Gasteiger partial charge on any atom is 0.0347 e. The van der Waals surface area contributed by atoms with Gasteiger partial charge in [0, 0.05) is 18.2 Å². The summed E-state index contributed by atoms with van der Waals surface area (Å²) in [5, 5.41) is 6.45. The van der Waals surface area contributed by atoms with Crippen molar-refractivity contribution >= 4 is 0 Å². The highest BCUT2D eigenvalue weighted by Gasteiger charge is 2.26. The van der Waals surface area contributed by atoms with Gasteiger partial charge < -0.3 is 10.6 Å². The molecule has 0 heterocycles. The lowest BCUT2D eigenvalue weighted by molar-refractivity contribution is 0.361. The Balaban J connectivity index is 2.08. The SMILES string of the molecule is C=CN/C=C\CNC1=C/C(C)C(C)(C)/C=C(/C2C=CC2)C/C=C\1. The van der Waals surface area contributed by atoms with Crippen LogP contribution in [0.15, 0.2) is 72.8 Å². The molecule has 23 heavy (non-hydrogen) atoms. The predicted octanol–water partition coefficient (Wildman–Crippen LogP) is 4.83. The summed E-state index contributed by atoms with van der Waals surface area (Å²) in [7, 11) is 0. The molecule has 2 nitrogen and oxygen atoms in total. The van der Waals surface area contributed by atoms with E-state index in [-0.39, 0.29) is 5.41 Å². The summed E-state index contributed by atoms with van der Waals surface area (Å²) in [4.78, 5) is 0. The molecule has 0 radical (unpaired) electrons. The second-order valence-electron chi connectivity index (χ2n) is 6.98. The third-order valence-electron chi connectivity index (χ3n) is 4.80. The fraction of sp³-hybridized carbons (Fsp3) is 0.429. The molecule has 0 fully saturated rings. The lowest BCUT2D eigenvalue weighted by Gasteiger charge is -2.30. The van der Waals surface area contributed by atoms with Crippen LogP contribution >= 0.6 is 0 Å². The first-order valence-electron chi connectivity index (χ1n) is 8.55. The minimum atomic E-state index is 0.165. The largest absolute Gasteiger partial charge is 0.382 e.